The highest BCUT2D eigenvalue weighted by Crippen LogP contribution is 2.36. The predicted octanol–water partition coefficient (Wildman–Crippen LogP) is 5.33. The molecule has 138 valence electrons. The van der Waals surface area contributed by atoms with Gasteiger partial charge in [0.05, 0.1) is 11.4 Å². The second kappa shape index (κ2) is 6.84. The van der Waals surface area contributed by atoms with E-state index in [1.807, 2.05) is 71.0 Å². The lowest BCUT2D eigenvalue weighted by atomic mass is 10.0. The van der Waals surface area contributed by atoms with E-state index >= 15 is 0 Å². The van der Waals surface area contributed by atoms with Crippen LogP contribution in [0.15, 0.2) is 66.7 Å². The van der Waals surface area contributed by atoms with Gasteiger partial charge in [0.25, 0.3) is 5.91 Å². The van der Waals surface area contributed by atoms with E-state index in [-0.39, 0.29) is 5.91 Å². The Hall–Kier alpha value is -3.05. The van der Waals surface area contributed by atoms with Gasteiger partial charge in [0, 0.05) is 22.6 Å². The predicted molar refractivity (Wildman–Crippen MR) is 115 cm³/mol. The molecule has 0 radical (unpaired) electrons. The van der Waals surface area contributed by atoms with Crippen molar-refractivity contribution in [3.8, 4) is 5.69 Å². The minimum absolute atomic E-state index is 0.107. The minimum atomic E-state index is -0.107. The number of fused-ring (bicyclic) bond motifs is 2. The van der Waals surface area contributed by atoms with Gasteiger partial charge in [0.15, 0.2) is 0 Å². The number of nitrogens with zero attached hydrogens (tertiary/aromatic N) is 2. The molecule has 4 nitrogen and oxygen atoms in total. The van der Waals surface area contributed by atoms with Gasteiger partial charge in [-0.1, -0.05) is 54.1 Å². The van der Waals surface area contributed by atoms with Crippen LogP contribution < -0.4 is 5.32 Å². The van der Waals surface area contributed by atoms with Crippen molar-refractivity contribution in [1.29, 1.82) is 0 Å². The van der Waals surface area contributed by atoms with E-state index in [2.05, 4.69) is 24.4 Å². The highest BCUT2D eigenvalue weighted by Gasteiger charge is 2.25. The summed E-state index contributed by atoms with van der Waals surface area (Å²) in [6.07, 6.45) is 0. The lowest BCUT2D eigenvalue weighted by molar-refractivity contribution is 0.102. The quantitative estimate of drug-likeness (QED) is 0.518. The van der Waals surface area contributed by atoms with Crippen LogP contribution in [0.4, 0.5) is 5.82 Å². The average Bonchev–Trinajstić information content (AvgIpc) is 3.31. The third-order valence-corrected chi connectivity index (χ3v) is 6.07. The first-order valence-corrected chi connectivity index (χ1v) is 10.4. The van der Waals surface area contributed by atoms with E-state index in [1.54, 1.807) is 0 Å². The molecule has 5 heteroatoms. The maximum absolute atomic E-state index is 13.2. The maximum atomic E-state index is 13.2. The first-order valence-electron chi connectivity index (χ1n) is 9.25. The number of rotatable bonds is 3. The maximum Gasteiger partial charge on any atom is 0.257 e. The van der Waals surface area contributed by atoms with Crippen molar-refractivity contribution in [3.63, 3.8) is 0 Å². The van der Waals surface area contributed by atoms with Gasteiger partial charge in [0.1, 0.15) is 5.82 Å². The number of aromatic nitrogens is 2. The van der Waals surface area contributed by atoms with Gasteiger partial charge in [-0.2, -0.15) is 16.9 Å². The van der Waals surface area contributed by atoms with Crippen LogP contribution in [0.2, 0.25) is 0 Å². The topological polar surface area (TPSA) is 46.9 Å². The number of hydrogen-bond acceptors (Lipinski definition) is 3. The lowest BCUT2D eigenvalue weighted by Crippen LogP contribution is -2.16. The van der Waals surface area contributed by atoms with Gasteiger partial charge < -0.3 is 5.32 Å². The molecule has 0 fully saturated rings. The van der Waals surface area contributed by atoms with E-state index in [4.69, 9.17) is 5.10 Å². The fraction of sp³-hybridized carbons (Fsp3) is 0.130. The number of benzene rings is 3. The van der Waals surface area contributed by atoms with Crippen molar-refractivity contribution in [3.05, 3.63) is 89.1 Å². The van der Waals surface area contributed by atoms with Crippen LogP contribution in [0.25, 0.3) is 16.5 Å². The zero-order chi connectivity index (χ0) is 19.1. The molecule has 0 aliphatic carbocycles. The Kier molecular flexibility index (Phi) is 4.17. The largest absolute Gasteiger partial charge is 0.306 e. The first kappa shape index (κ1) is 17.1. The molecule has 0 unspecified atom stereocenters. The number of nitrogens with one attached hydrogen (secondary N) is 1. The van der Waals surface area contributed by atoms with E-state index < -0.39 is 0 Å². The molecular weight excluding hydrogens is 366 g/mol. The zero-order valence-electron chi connectivity index (χ0n) is 15.5. The van der Waals surface area contributed by atoms with Crippen molar-refractivity contribution in [1.82, 2.24) is 9.78 Å². The number of aryl methyl sites for hydroxylation is 1. The number of carbonyl (C=O) groups is 1. The molecule has 0 bridgehead atoms. The van der Waals surface area contributed by atoms with Crippen molar-refractivity contribution in [2.75, 3.05) is 5.32 Å². The second-order valence-corrected chi connectivity index (χ2v) is 7.98. The van der Waals surface area contributed by atoms with Gasteiger partial charge >= 0.3 is 0 Å². The fourth-order valence-electron chi connectivity index (χ4n) is 3.61. The Morgan fingerprint density at radius 3 is 2.64 bits per heavy atom. The molecule has 4 aromatic rings. The van der Waals surface area contributed by atoms with Gasteiger partial charge in [-0.05, 0) is 35.9 Å². The zero-order valence-corrected chi connectivity index (χ0v) is 16.3. The Morgan fingerprint density at radius 1 is 1.00 bits per heavy atom. The normalized spacial score (nSPS) is 12.9. The summed E-state index contributed by atoms with van der Waals surface area (Å²) in [6, 6.07) is 22.0. The third-order valence-electron chi connectivity index (χ3n) is 5.10. The van der Waals surface area contributed by atoms with Gasteiger partial charge in [-0.3, -0.25) is 4.79 Å². The van der Waals surface area contributed by atoms with Crippen LogP contribution in [0.3, 0.4) is 0 Å². The van der Waals surface area contributed by atoms with Crippen molar-refractivity contribution >= 4 is 34.3 Å². The summed E-state index contributed by atoms with van der Waals surface area (Å²) in [4.78, 5) is 13.2. The molecule has 2 heterocycles. The molecule has 28 heavy (non-hydrogen) atoms. The number of anilines is 1. The van der Waals surface area contributed by atoms with E-state index in [0.717, 1.165) is 45.0 Å². The highest BCUT2D eigenvalue weighted by atomic mass is 32.2. The van der Waals surface area contributed by atoms with Crippen molar-refractivity contribution in [2.45, 2.75) is 18.4 Å². The van der Waals surface area contributed by atoms with E-state index in [0.29, 0.717) is 5.56 Å². The Balaban J connectivity index is 1.58. The lowest BCUT2D eigenvalue weighted by Gasteiger charge is -2.12. The van der Waals surface area contributed by atoms with Gasteiger partial charge in [-0.15, -0.1) is 0 Å². The van der Waals surface area contributed by atoms with Crippen LogP contribution in [-0.2, 0) is 11.5 Å². The molecule has 0 saturated carbocycles. The van der Waals surface area contributed by atoms with Crippen molar-refractivity contribution < 1.29 is 4.79 Å². The van der Waals surface area contributed by atoms with Crippen LogP contribution in [0.5, 0.6) is 0 Å². The standard InChI is InChI=1S/C23H19N3OS/c1-15-9-11-17(12-10-15)26-22(20-13-28-14-21(20)25-26)24-23(27)19-8-4-6-16-5-2-3-7-18(16)19/h2-12H,13-14H2,1H3,(H,24,27). The molecule has 1 aliphatic rings. The summed E-state index contributed by atoms with van der Waals surface area (Å²) >= 11 is 1.83. The highest BCUT2D eigenvalue weighted by molar-refractivity contribution is 7.98. The van der Waals surface area contributed by atoms with Crippen LogP contribution in [0, 0.1) is 6.92 Å². The number of hydrogen-bond donors (Lipinski definition) is 1. The number of amides is 1. The Labute approximate surface area is 167 Å². The molecular formula is C23H19N3OS. The second-order valence-electron chi connectivity index (χ2n) is 6.99. The monoisotopic (exact) mass is 385 g/mol. The summed E-state index contributed by atoms with van der Waals surface area (Å²) in [7, 11) is 0. The van der Waals surface area contributed by atoms with Gasteiger partial charge in [-0.25, -0.2) is 4.68 Å². The Bertz CT molecular complexity index is 1190. The molecule has 0 atom stereocenters. The number of carbonyl (C=O) groups excluding carboxylic acids is 1. The molecule has 1 N–H and O–H groups in total. The summed E-state index contributed by atoms with van der Waals surface area (Å²) in [6.45, 7) is 2.06. The SMILES string of the molecule is Cc1ccc(-n2nc3c(c2NC(=O)c2cccc4ccccc24)CSC3)cc1. The molecule has 1 aliphatic heterocycles. The summed E-state index contributed by atoms with van der Waals surface area (Å²) in [5.74, 6) is 2.42. The minimum Gasteiger partial charge on any atom is -0.306 e. The van der Waals surface area contributed by atoms with Crippen molar-refractivity contribution in [2.24, 2.45) is 0 Å². The first-order chi connectivity index (χ1) is 13.7. The van der Waals surface area contributed by atoms with Crippen LogP contribution in [0.1, 0.15) is 27.2 Å². The summed E-state index contributed by atoms with van der Waals surface area (Å²) in [5, 5.41) is 9.95. The summed E-state index contributed by atoms with van der Waals surface area (Å²) in [5.41, 5.74) is 5.01. The molecule has 3 aromatic carbocycles. The Morgan fingerprint density at radius 2 is 1.79 bits per heavy atom. The summed E-state index contributed by atoms with van der Waals surface area (Å²) < 4.78 is 1.87. The molecule has 1 aromatic heterocycles. The van der Waals surface area contributed by atoms with Crippen LogP contribution in [-0.4, -0.2) is 15.7 Å². The number of thioether (sulfide) groups is 1. The molecule has 0 spiro atoms. The fourth-order valence-corrected chi connectivity index (χ4v) is 4.65. The molecule has 1 amide bonds. The smallest absolute Gasteiger partial charge is 0.257 e. The van der Waals surface area contributed by atoms with E-state index in [9.17, 15) is 4.79 Å². The molecule has 0 saturated heterocycles. The molecule has 5 rings (SSSR count). The van der Waals surface area contributed by atoms with E-state index in [1.165, 1.54) is 5.56 Å². The van der Waals surface area contributed by atoms with Crippen LogP contribution >= 0.6 is 11.8 Å². The average molecular weight is 385 g/mol. The third kappa shape index (κ3) is 2.88. The van der Waals surface area contributed by atoms with Gasteiger partial charge in [0.2, 0.25) is 0 Å².